The van der Waals surface area contributed by atoms with Gasteiger partial charge in [-0.15, -0.1) is 0 Å². The fraction of sp³-hybridized carbons (Fsp3) is 0.167. The fourth-order valence-corrected chi connectivity index (χ4v) is 2.52. The molecule has 0 aliphatic carbocycles. The van der Waals surface area contributed by atoms with Crippen molar-refractivity contribution >= 4 is 17.5 Å². The van der Waals surface area contributed by atoms with Crippen LogP contribution in [0.1, 0.15) is 26.6 Å². The molecule has 1 aromatic carbocycles. The molecule has 11 heteroatoms. The normalized spacial score (nSPS) is 10.4. The van der Waals surface area contributed by atoms with Crippen LogP contribution < -0.4 is 10.6 Å². The highest BCUT2D eigenvalue weighted by Crippen LogP contribution is 2.27. The molecule has 2 amide bonds. The lowest BCUT2D eigenvalue weighted by Crippen LogP contribution is -2.34. The van der Waals surface area contributed by atoms with Crippen LogP contribution in [0.25, 0.3) is 11.4 Å². The second-order valence-electron chi connectivity index (χ2n) is 5.88. The van der Waals surface area contributed by atoms with Crippen LogP contribution in [0, 0.1) is 17.0 Å². The van der Waals surface area contributed by atoms with Crippen molar-refractivity contribution < 1.29 is 19.0 Å². The van der Waals surface area contributed by atoms with Crippen molar-refractivity contribution in [1.82, 2.24) is 25.8 Å². The molecule has 0 aliphatic heterocycles. The minimum Gasteiger partial charge on any atom is -0.350 e. The average molecular weight is 396 g/mol. The first-order valence-electron chi connectivity index (χ1n) is 8.52. The topological polar surface area (TPSA) is 153 Å². The Kier molecular flexibility index (Phi) is 5.88. The summed E-state index contributed by atoms with van der Waals surface area (Å²) in [6, 6.07) is 7.74. The van der Waals surface area contributed by atoms with Gasteiger partial charge in [-0.3, -0.25) is 24.7 Å². The Labute approximate surface area is 164 Å². The molecule has 2 aromatic heterocycles. The summed E-state index contributed by atoms with van der Waals surface area (Å²) in [5, 5.41) is 19.9. The first-order chi connectivity index (χ1) is 14.0. The molecule has 0 radical (unpaired) electrons. The summed E-state index contributed by atoms with van der Waals surface area (Å²) in [6.45, 7) is 1.89. The first-order valence-corrected chi connectivity index (χ1v) is 8.52. The minimum atomic E-state index is -0.623. The van der Waals surface area contributed by atoms with E-state index in [-0.39, 0.29) is 36.4 Å². The highest BCUT2D eigenvalue weighted by molar-refractivity contribution is 5.94. The second kappa shape index (κ2) is 8.69. The molecule has 0 atom stereocenters. The lowest BCUT2D eigenvalue weighted by atomic mass is 10.1. The van der Waals surface area contributed by atoms with Crippen LogP contribution in [0.5, 0.6) is 0 Å². The van der Waals surface area contributed by atoms with Crippen LogP contribution in [0.2, 0.25) is 0 Å². The van der Waals surface area contributed by atoms with Gasteiger partial charge in [0.1, 0.15) is 0 Å². The van der Waals surface area contributed by atoms with Gasteiger partial charge in [0.15, 0.2) is 0 Å². The largest absolute Gasteiger partial charge is 0.350 e. The number of benzene rings is 1. The Morgan fingerprint density at radius 1 is 1.14 bits per heavy atom. The lowest BCUT2D eigenvalue weighted by molar-refractivity contribution is -0.385. The zero-order valence-corrected chi connectivity index (χ0v) is 15.3. The summed E-state index contributed by atoms with van der Waals surface area (Å²) in [6.07, 6.45) is 2.99. The van der Waals surface area contributed by atoms with Gasteiger partial charge in [-0.05, 0) is 19.1 Å². The Morgan fingerprint density at radius 2 is 1.90 bits per heavy atom. The molecule has 3 aromatic rings. The molecule has 2 heterocycles. The maximum atomic E-state index is 12.1. The summed E-state index contributed by atoms with van der Waals surface area (Å²) < 4.78 is 4.95. The van der Waals surface area contributed by atoms with E-state index in [0.717, 1.165) is 0 Å². The number of hydrogen-bond donors (Lipinski definition) is 2. The Morgan fingerprint density at radius 3 is 2.59 bits per heavy atom. The van der Waals surface area contributed by atoms with Gasteiger partial charge in [0, 0.05) is 42.7 Å². The molecule has 29 heavy (non-hydrogen) atoms. The first kappa shape index (κ1) is 19.6. The monoisotopic (exact) mass is 396 g/mol. The van der Waals surface area contributed by atoms with Crippen molar-refractivity contribution in [1.29, 1.82) is 0 Å². The predicted molar refractivity (Wildman–Crippen MR) is 100 cm³/mol. The van der Waals surface area contributed by atoms with Crippen molar-refractivity contribution in [2.24, 2.45) is 0 Å². The highest BCUT2D eigenvalue weighted by Gasteiger charge is 2.20. The number of nitro benzene ring substituents is 1. The number of aromatic nitrogens is 3. The van der Waals surface area contributed by atoms with Gasteiger partial charge in [0.25, 0.3) is 11.6 Å². The summed E-state index contributed by atoms with van der Waals surface area (Å²) in [4.78, 5) is 42.4. The smallest absolute Gasteiger partial charge is 0.316 e. The van der Waals surface area contributed by atoms with Crippen molar-refractivity contribution in [2.75, 3.05) is 13.1 Å². The fourth-order valence-electron chi connectivity index (χ4n) is 2.52. The number of nitro groups is 1. The molecule has 3 rings (SSSR count). The van der Waals surface area contributed by atoms with Crippen molar-refractivity contribution in [3.8, 4) is 11.4 Å². The number of carbonyl (C=O) groups excluding carboxylic acids is 2. The molecule has 0 saturated heterocycles. The summed E-state index contributed by atoms with van der Waals surface area (Å²) >= 11 is 0. The minimum absolute atomic E-state index is 0.0706. The predicted octanol–water partition coefficient (Wildman–Crippen LogP) is 1.51. The van der Waals surface area contributed by atoms with Gasteiger partial charge >= 0.3 is 11.8 Å². The molecular weight excluding hydrogens is 380 g/mol. The third kappa shape index (κ3) is 4.58. The summed E-state index contributed by atoms with van der Waals surface area (Å²) in [5.41, 5.74) is 1.09. The van der Waals surface area contributed by atoms with Crippen LogP contribution >= 0.6 is 0 Å². The third-order valence-corrected chi connectivity index (χ3v) is 3.98. The van der Waals surface area contributed by atoms with Gasteiger partial charge in [-0.1, -0.05) is 17.3 Å². The second-order valence-corrected chi connectivity index (χ2v) is 5.88. The lowest BCUT2D eigenvalue weighted by Gasteiger charge is -2.05. The van der Waals surface area contributed by atoms with Crippen LogP contribution in [-0.4, -0.2) is 45.0 Å². The van der Waals surface area contributed by atoms with E-state index in [4.69, 9.17) is 4.52 Å². The summed E-state index contributed by atoms with van der Waals surface area (Å²) in [5.74, 6) is -1.15. The number of rotatable bonds is 7. The molecule has 0 saturated carbocycles. The number of pyridine rings is 1. The Bertz CT molecular complexity index is 1050. The van der Waals surface area contributed by atoms with Gasteiger partial charge < -0.3 is 15.2 Å². The van der Waals surface area contributed by atoms with Crippen LogP contribution in [0.3, 0.4) is 0 Å². The van der Waals surface area contributed by atoms with Crippen LogP contribution in [0.15, 0.2) is 47.2 Å². The zero-order chi connectivity index (χ0) is 20.8. The van der Waals surface area contributed by atoms with Crippen molar-refractivity contribution in [3.05, 3.63) is 69.9 Å². The van der Waals surface area contributed by atoms with Gasteiger partial charge in [-0.2, -0.15) is 4.98 Å². The molecule has 0 spiro atoms. The number of nitrogens with zero attached hydrogens (tertiary/aromatic N) is 4. The molecule has 148 valence electrons. The molecule has 0 bridgehead atoms. The SMILES string of the molecule is Cc1c(-c2noc(C(=O)NCCNC(=O)c3cccnc3)n2)cccc1[N+](=O)[O-]. The van der Waals surface area contributed by atoms with E-state index >= 15 is 0 Å². The number of carbonyl (C=O) groups is 2. The standard InChI is InChI=1S/C18H16N6O5/c1-11-13(5-2-6-14(11)24(27)28)15-22-18(29-23-15)17(26)21-9-8-20-16(25)12-4-3-7-19-10-12/h2-7,10H,8-9H2,1H3,(H,20,25)(H,21,26). The Hall–Kier alpha value is -4.15. The van der Waals surface area contributed by atoms with Crippen LogP contribution in [-0.2, 0) is 0 Å². The highest BCUT2D eigenvalue weighted by atomic mass is 16.6. The molecule has 0 unspecified atom stereocenters. The van der Waals surface area contributed by atoms with E-state index in [0.29, 0.717) is 16.7 Å². The van der Waals surface area contributed by atoms with E-state index in [1.165, 1.54) is 18.3 Å². The van der Waals surface area contributed by atoms with E-state index in [2.05, 4.69) is 25.8 Å². The van der Waals surface area contributed by atoms with E-state index < -0.39 is 10.8 Å². The third-order valence-electron chi connectivity index (χ3n) is 3.98. The molecule has 0 aliphatic rings. The zero-order valence-electron chi connectivity index (χ0n) is 15.3. The maximum absolute atomic E-state index is 12.1. The quantitative estimate of drug-likeness (QED) is 0.346. The van der Waals surface area contributed by atoms with Crippen molar-refractivity contribution in [3.63, 3.8) is 0 Å². The number of amides is 2. The van der Waals surface area contributed by atoms with Gasteiger partial charge in [-0.25, -0.2) is 0 Å². The van der Waals surface area contributed by atoms with Gasteiger partial charge in [0.2, 0.25) is 5.82 Å². The van der Waals surface area contributed by atoms with E-state index in [1.807, 2.05) is 0 Å². The molecule has 2 N–H and O–H groups in total. The average Bonchev–Trinajstić information content (AvgIpc) is 3.21. The van der Waals surface area contributed by atoms with Crippen LogP contribution in [0.4, 0.5) is 5.69 Å². The van der Waals surface area contributed by atoms with E-state index in [9.17, 15) is 19.7 Å². The van der Waals surface area contributed by atoms with Crippen molar-refractivity contribution in [2.45, 2.75) is 6.92 Å². The number of hydrogen-bond acceptors (Lipinski definition) is 8. The molecule has 0 fully saturated rings. The molecular formula is C18H16N6O5. The number of nitrogens with one attached hydrogen (secondary N) is 2. The molecule has 11 nitrogen and oxygen atoms in total. The Balaban J connectivity index is 1.57. The summed E-state index contributed by atoms with van der Waals surface area (Å²) in [7, 11) is 0. The van der Waals surface area contributed by atoms with E-state index in [1.54, 1.807) is 31.3 Å². The maximum Gasteiger partial charge on any atom is 0.316 e. The van der Waals surface area contributed by atoms with Gasteiger partial charge in [0.05, 0.1) is 10.5 Å².